The molecule has 0 saturated heterocycles. The maximum absolute atomic E-state index is 12.9. The fraction of sp³-hybridized carbons (Fsp3) is 0.100. The minimum Gasteiger partial charge on any atom is -0.507 e. The van der Waals surface area contributed by atoms with Crippen LogP contribution in [0.15, 0.2) is 285 Å². The topological polar surface area (TPSA) is 50.9 Å². The number of pyridine rings is 1. The Hall–Kier alpha value is -9.47. The van der Waals surface area contributed by atoms with E-state index in [4.69, 9.17) is 9.97 Å². The van der Waals surface area contributed by atoms with Crippen molar-refractivity contribution >= 4 is 11.0 Å². The molecule has 414 valence electrons. The number of hydrogen-bond donors (Lipinski definition) is 1. The summed E-state index contributed by atoms with van der Waals surface area (Å²) < 4.78 is 2.28. The molecule has 5 heteroatoms. The van der Waals surface area contributed by atoms with Gasteiger partial charge in [0, 0.05) is 49.5 Å². The Morgan fingerprint density at radius 1 is 0.447 bits per heavy atom. The first-order valence-electron chi connectivity index (χ1n) is 29.4. The van der Waals surface area contributed by atoms with Crippen molar-refractivity contribution in [2.75, 3.05) is 0 Å². The zero-order valence-corrected chi connectivity index (χ0v) is 49.6. The molecule has 1 fully saturated rings. The number of phenolic OH excluding ortho intramolecular Hbond substituents is 1. The molecule has 2 heterocycles. The molecular formula is C80H62N3OPt-. The van der Waals surface area contributed by atoms with E-state index in [1.165, 1.54) is 47.9 Å². The number of aromatic nitrogens is 3. The van der Waals surface area contributed by atoms with Crippen LogP contribution in [0.2, 0.25) is 0 Å². The third-order valence-electron chi connectivity index (χ3n) is 17.4. The first-order chi connectivity index (χ1) is 41.4. The monoisotopic (exact) mass is 1280 g/mol. The third kappa shape index (κ3) is 10.7. The van der Waals surface area contributed by atoms with Crippen molar-refractivity contribution in [2.24, 2.45) is 5.92 Å². The van der Waals surface area contributed by atoms with Gasteiger partial charge in [0.2, 0.25) is 0 Å². The van der Waals surface area contributed by atoms with Gasteiger partial charge >= 0.3 is 0 Å². The van der Waals surface area contributed by atoms with Gasteiger partial charge in [-0.15, -0.1) is 23.8 Å². The maximum Gasteiger partial charge on any atom is 0.148 e. The standard InChI is InChI=1S/C80H62N3O.Pt/c1-80(65-31-13-5-14-32-65,66-33-15-6-16-34-66)67-44-42-58(43-45-67)61-47-48-81-74(54-61)64-52-62(57-25-7-2-8-26-57)51-63(53-64)69-37-22-40-76-77(69)82-79(72-39-21-38-71(78(72)84)70-36-20-19-35-68(70)59-27-9-3-10-28-59)83(76)75-46-41-56(49-55-23-17-18-24-55)50-73(75)60-29-11-4-12-30-60;/h2-16,19-22,25-48,50-52,54-55,84H,17-18,23-24,49H2,1H3;/q-1;. The van der Waals surface area contributed by atoms with Gasteiger partial charge < -0.3 is 5.11 Å². The summed E-state index contributed by atoms with van der Waals surface area (Å²) in [4.78, 5) is 10.8. The van der Waals surface area contributed by atoms with Crippen LogP contribution in [0, 0.1) is 12.0 Å². The molecule has 0 spiro atoms. The maximum atomic E-state index is 12.9. The van der Waals surface area contributed by atoms with Crippen molar-refractivity contribution < 1.29 is 26.2 Å². The van der Waals surface area contributed by atoms with E-state index in [9.17, 15) is 5.11 Å². The summed E-state index contributed by atoms with van der Waals surface area (Å²) in [6, 6.07) is 103. The van der Waals surface area contributed by atoms with Crippen molar-refractivity contribution in [2.45, 2.75) is 44.4 Å². The Kier molecular flexibility index (Phi) is 15.5. The van der Waals surface area contributed by atoms with Gasteiger partial charge in [-0.1, -0.05) is 279 Å². The summed E-state index contributed by atoms with van der Waals surface area (Å²) in [5.74, 6) is 1.49. The Morgan fingerprint density at radius 2 is 0.976 bits per heavy atom. The number of nitrogens with zero attached hydrogens (tertiary/aromatic N) is 3. The largest absolute Gasteiger partial charge is 0.507 e. The van der Waals surface area contributed by atoms with E-state index in [1.54, 1.807) is 0 Å². The van der Waals surface area contributed by atoms with Crippen LogP contribution in [0.25, 0.3) is 106 Å². The van der Waals surface area contributed by atoms with Crippen LogP contribution in [0.4, 0.5) is 0 Å². The summed E-state index contributed by atoms with van der Waals surface area (Å²) in [5.41, 5.74) is 21.8. The smallest absolute Gasteiger partial charge is 0.148 e. The van der Waals surface area contributed by atoms with Crippen molar-refractivity contribution in [1.29, 1.82) is 0 Å². The minimum atomic E-state index is -0.351. The quantitative estimate of drug-likeness (QED) is 0.0872. The molecule has 85 heavy (non-hydrogen) atoms. The molecule has 1 N–H and O–H groups in total. The molecule has 0 radical (unpaired) electrons. The normalized spacial score (nSPS) is 12.5. The van der Waals surface area contributed by atoms with E-state index in [1.807, 2.05) is 36.5 Å². The SMILES string of the molecule is CC(c1ccccc1)(c1ccccc1)c1ccc(-c2ccnc(-c3[c-]c(-c4cccc5c4nc(-c4cccc(-c6ccccc6-c6ccccc6)c4O)n5-c4ccc(CC5CCCC5)cc4-c4ccccc4)cc(-c4ccccc4)c3)c2)cc1.[Pt]. The number of aromatic hydroxyl groups is 1. The van der Waals surface area contributed by atoms with Gasteiger partial charge in [0.15, 0.2) is 0 Å². The van der Waals surface area contributed by atoms with Gasteiger partial charge in [0.25, 0.3) is 0 Å². The van der Waals surface area contributed by atoms with Crippen molar-refractivity contribution in [3.8, 4) is 101 Å². The van der Waals surface area contributed by atoms with Crippen LogP contribution in [0.3, 0.4) is 0 Å². The van der Waals surface area contributed by atoms with E-state index in [2.05, 4.69) is 266 Å². The van der Waals surface area contributed by atoms with E-state index in [-0.39, 0.29) is 32.2 Å². The van der Waals surface area contributed by atoms with Crippen LogP contribution in [0.1, 0.15) is 54.9 Å². The second kappa shape index (κ2) is 24.0. The zero-order chi connectivity index (χ0) is 56.4. The Morgan fingerprint density at radius 3 is 1.65 bits per heavy atom. The van der Waals surface area contributed by atoms with E-state index >= 15 is 0 Å². The minimum absolute atomic E-state index is 0. The molecule has 14 rings (SSSR count). The molecule has 2 aromatic heterocycles. The summed E-state index contributed by atoms with van der Waals surface area (Å²) in [7, 11) is 0. The van der Waals surface area contributed by atoms with Crippen LogP contribution >= 0.6 is 0 Å². The van der Waals surface area contributed by atoms with Gasteiger partial charge in [-0.2, -0.15) is 0 Å². The van der Waals surface area contributed by atoms with Crippen LogP contribution in [0.5, 0.6) is 5.75 Å². The van der Waals surface area contributed by atoms with E-state index in [0.717, 1.165) is 101 Å². The number of rotatable bonds is 14. The van der Waals surface area contributed by atoms with Crippen molar-refractivity contribution in [1.82, 2.24) is 14.5 Å². The zero-order valence-electron chi connectivity index (χ0n) is 47.4. The Labute approximate surface area is 513 Å². The molecule has 1 saturated carbocycles. The van der Waals surface area contributed by atoms with Crippen LogP contribution in [-0.2, 0) is 32.9 Å². The fourth-order valence-corrected chi connectivity index (χ4v) is 13.0. The second-order valence-electron chi connectivity index (χ2n) is 22.6. The van der Waals surface area contributed by atoms with Crippen LogP contribution < -0.4 is 0 Å². The molecule has 4 nitrogen and oxygen atoms in total. The van der Waals surface area contributed by atoms with Gasteiger partial charge in [0.05, 0.1) is 22.3 Å². The van der Waals surface area contributed by atoms with Gasteiger partial charge in [-0.05, 0) is 111 Å². The van der Waals surface area contributed by atoms with Gasteiger partial charge in [0.1, 0.15) is 11.6 Å². The third-order valence-corrected chi connectivity index (χ3v) is 17.4. The predicted octanol–water partition coefficient (Wildman–Crippen LogP) is 20.3. The van der Waals surface area contributed by atoms with Gasteiger partial charge in [-0.25, -0.2) is 4.98 Å². The first-order valence-corrected chi connectivity index (χ1v) is 29.4. The number of hydrogen-bond acceptors (Lipinski definition) is 3. The molecule has 0 atom stereocenters. The Balaban J connectivity index is 0.00000672. The fourth-order valence-electron chi connectivity index (χ4n) is 13.0. The Bertz CT molecular complexity index is 4420. The first kappa shape index (κ1) is 54.8. The second-order valence-corrected chi connectivity index (χ2v) is 22.6. The molecule has 1 aliphatic carbocycles. The van der Waals surface area contributed by atoms with Crippen LogP contribution in [-0.4, -0.2) is 19.6 Å². The number of benzene rings is 11. The van der Waals surface area contributed by atoms with E-state index < -0.39 is 0 Å². The number of para-hydroxylation sites is 2. The molecule has 11 aromatic carbocycles. The average Bonchev–Trinajstić information content (AvgIpc) is 3.40. The summed E-state index contributed by atoms with van der Waals surface area (Å²) in [5, 5.41) is 12.9. The van der Waals surface area contributed by atoms with Crippen molar-refractivity contribution in [3.05, 3.63) is 314 Å². The molecule has 0 bridgehead atoms. The average molecular weight is 1280 g/mol. The van der Waals surface area contributed by atoms with Gasteiger partial charge in [-0.3, -0.25) is 9.55 Å². The number of fused-ring (bicyclic) bond motifs is 1. The molecular weight excluding hydrogens is 1210 g/mol. The molecule has 13 aromatic rings. The summed E-state index contributed by atoms with van der Waals surface area (Å²) in [6.45, 7) is 2.32. The summed E-state index contributed by atoms with van der Waals surface area (Å²) in [6.07, 6.45) is 8.11. The molecule has 1 aliphatic rings. The van der Waals surface area contributed by atoms with Crippen molar-refractivity contribution in [3.63, 3.8) is 0 Å². The molecule has 0 unspecified atom stereocenters. The summed E-state index contributed by atoms with van der Waals surface area (Å²) >= 11 is 0. The number of imidazole rings is 1. The number of phenols is 1. The van der Waals surface area contributed by atoms with E-state index in [0.29, 0.717) is 17.3 Å². The molecule has 0 aliphatic heterocycles. The predicted molar refractivity (Wildman–Crippen MR) is 347 cm³/mol. The molecule has 0 amide bonds.